The summed E-state index contributed by atoms with van der Waals surface area (Å²) < 4.78 is 0. The van der Waals surface area contributed by atoms with E-state index in [-0.39, 0.29) is 6.04 Å². The molecule has 0 spiro atoms. The van der Waals surface area contributed by atoms with Gasteiger partial charge in [-0.25, -0.2) is 0 Å². The first-order valence-electron chi connectivity index (χ1n) is 10.3. The zero-order chi connectivity index (χ0) is 19.9. The Morgan fingerprint density at radius 1 is 0.724 bits per heavy atom. The molecule has 0 N–H and O–H groups in total. The fraction of sp³-hybridized carbons (Fsp3) is 0.231. The van der Waals surface area contributed by atoms with E-state index in [1.165, 1.54) is 16.7 Å². The lowest BCUT2D eigenvalue weighted by molar-refractivity contribution is 0.118. The van der Waals surface area contributed by atoms with Gasteiger partial charge in [0.1, 0.15) is 0 Å². The predicted octanol–water partition coefficient (Wildman–Crippen LogP) is 5.76. The van der Waals surface area contributed by atoms with Gasteiger partial charge in [-0.05, 0) is 28.8 Å². The van der Waals surface area contributed by atoms with E-state index in [1.54, 1.807) is 0 Å². The van der Waals surface area contributed by atoms with Crippen molar-refractivity contribution in [3.63, 3.8) is 0 Å². The summed E-state index contributed by atoms with van der Waals surface area (Å²) in [7, 11) is 0. The average Bonchev–Trinajstić information content (AvgIpc) is 2.78. The number of piperazine rings is 1. The minimum atomic E-state index is 0.274. The van der Waals surface area contributed by atoms with Gasteiger partial charge in [0.05, 0.1) is 6.04 Å². The molecule has 29 heavy (non-hydrogen) atoms. The number of hydrogen-bond acceptors (Lipinski definition) is 2. The maximum Gasteiger partial charge on any atom is 0.0602 e. The van der Waals surface area contributed by atoms with Crippen LogP contribution in [0.15, 0.2) is 91.0 Å². The van der Waals surface area contributed by atoms with E-state index in [4.69, 9.17) is 11.6 Å². The van der Waals surface area contributed by atoms with Gasteiger partial charge in [0.15, 0.2) is 0 Å². The zero-order valence-electron chi connectivity index (χ0n) is 16.6. The van der Waals surface area contributed by atoms with Gasteiger partial charge >= 0.3 is 0 Å². The SMILES string of the molecule is Clc1ccc(C(c2ccccc2)N2CCN(C/C=C/c3ccccc3)CC2)cc1. The second-order valence-corrected chi connectivity index (χ2v) is 7.95. The van der Waals surface area contributed by atoms with Crippen molar-refractivity contribution in [3.05, 3.63) is 113 Å². The summed E-state index contributed by atoms with van der Waals surface area (Å²) in [4.78, 5) is 5.12. The lowest BCUT2D eigenvalue weighted by atomic mass is 9.96. The second kappa shape index (κ2) is 9.89. The van der Waals surface area contributed by atoms with Crippen molar-refractivity contribution in [2.75, 3.05) is 32.7 Å². The molecule has 1 unspecified atom stereocenters. The molecule has 2 nitrogen and oxygen atoms in total. The van der Waals surface area contributed by atoms with E-state index >= 15 is 0 Å². The third-order valence-electron chi connectivity index (χ3n) is 5.55. The normalized spacial score (nSPS) is 16.9. The number of hydrogen-bond donors (Lipinski definition) is 0. The molecule has 3 aromatic rings. The van der Waals surface area contributed by atoms with Crippen molar-refractivity contribution >= 4 is 17.7 Å². The van der Waals surface area contributed by atoms with Crippen molar-refractivity contribution in [2.24, 2.45) is 0 Å². The summed E-state index contributed by atoms with van der Waals surface area (Å²) in [6.07, 6.45) is 4.49. The third-order valence-corrected chi connectivity index (χ3v) is 5.80. The second-order valence-electron chi connectivity index (χ2n) is 7.51. The highest BCUT2D eigenvalue weighted by atomic mass is 35.5. The van der Waals surface area contributed by atoms with Crippen LogP contribution >= 0.6 is 11.6 Å². The molecule has 1 heterocycles. The predicted molar refractivity (Wildman–Crippen MR) is 123 cm³/mol. The minimum Gasteiger partial charge on any atom is -0.297 e. The van der Waals surface area contributed by atoms with Crippen molar-refractivity contribution in [2.45, 2.75) is 6.04 Å². The van der Waals surface area contributed by atoms with Crippen molar-refractivity contribution in [1.29, 1.82) is 0 Å². The van der Waals surface area contributed by atoms with Crippen LogP contribution in [0.1, 0.15) is 22.7 Å². The van der Waals surface area contributed by atoms with E-state index in [2.05, 4.69) is 94.7 Å². The lowest BCUT2D eigenvalue weighted by Crippen LogP contribution is -2.47. The first-order valence-corrected chi connectivity index (χ1v) is 10.7. The highest BCUT2D eigenvalue weighted by Crippen LogP contribution is 2.30. The van der Waals surface area contributed by atoms with Crippen LogP contribution in [0.3, 0.4) is 0 Å². The van der Waals surface area contributed by atoms with Crippen molar-refractivity contribution in [3.8, 4) is 0 Å². The summed E-state index contributed by atoms with van der Waals surface area (Å²) in [5, 5.41) is 0.788. The number of benzene rings is 3. The number of nitrogens with zero attached hydrogens (tertiary/aromatic N) is 2. The molecule has 4 rings (SSSR count). The Morgan fingerprint density at radius 2 is 1.31 bits per heavy atom. The molecule has 0 aromatic heterocycles. The Labute approximate surface area is 179 Å². The van der Waals surface area contributed by atoms with Gasteiger partial charge in [0.2, 0.25) is 0 Å². The zero-order valence-corrected chi connectivity index (χ0v) is 17.4. The molecule has 148 valence electrons. The average molecular weight is 403 g/mol. The van der Waals surface area contributed by atoms with Crippen LogP contribution < -0.4 is 0 Å². The first kappa shape index (κ1) is 19.9. The van der Waals surface area contributed by atoms with Gasteiger partial charge in [-0.3, -0.25) is 9.80 Å². The minimum absolute atomic E-state index is 0.274. The molecule has 0 radical (unpaired) electrons. The van der Waals surface area contributed by atoms with E-state index in [0.717, 1.165) is 37.7 Å². The molecule has 3 aromatic carbocycles. The molecule has 0 amide bonds. The van der Waals surface area contributed by atoms with Crippen LogP contribution in [0.2, 0.25) is 5.02 Å². The van der Waals surface area contributed by atoms with Gasteiger partial charge in [-0.15, -0.1) is 0 Å². The monoisotopic (exact) mass is 402 g/mol. The maximum absolute atomic E-state index is 6.13. The first-order chi connectivity index (χ1) is 14.3. The fourth-order valence-corrected chi connectivity index (χ4v) is 4.13. The highest BCUT2D eigenvalue weighted by molar-refractivity contribution is 6.30. The molecule has 0 bridgehead atoms. The van der Waals surface area contributed by atoms with Crippen LogP contribution in [-0.4, -0.2) is 42.5 Å². The van der Waals surface area contributed by atoms with Crippen molar-refractivity contribution in [1.82, 2.24) is 9.80 Å². The van der Waals surface area contributed by atoms with Gasteiger partial charge in [-0.2, -0.15) is 0 Å². The molecule has 0 saturated carbocycles. The molecule has 1 aliphatic rings. The summed E-state index contributed by atoms with van der Waals surface area (Å²) in [5.74, 6) is 0. The van der Waals surface area contributed by atoms with Crippen molar-refractivity contribution < 1.29 is 0 Å². The summed E-state index contributed by atoms with van der Waals surface area (Å²) in [6, 6.07) is 29.9. The smallest absolute Gasteiger partial charge is 0.0602 e. The Bertz CT molecular complexity index is 898. The molecule has 1 saturated heterocycles. The topological polar surface area (TPSA) is 6.48 Å². The Kier molecular flexibility index (Phi) is 6.79. The maximum atomic E-state index is 6.13. The summed E-state index contributed by atoms with van der Waals surface area (Å²) in [6.45, 7) is 5.27. The van der Waals surface area contributed by atoms with Crippen LogP contribution in [0.25, 0.3) is 6.08 Å². The van der Waals surface area contributed by atoms with Gasteiger partial charge < -0.3 is 0 Å². The third kappa shape index (κ3) is 5.36. The van der Waals surface area contributed by atoms with Crippen LogP contribution in [0, 0.1) is 0 Å². The highest BCUT2D eigenvalue weighted by Gasteiger charge is 2.25. The Hall–Kier alpha value is -2.39. The van der Waals surface area contributed by atoms with E-state index in [1.807, 2.05) is 12.1 Å². The van der Waals surface area contributed by atoms with E-state index < -0.39 is 0 Å². The largest absolute Gasteiger partial charge is 0.297 e. The fourth-order valence-electron chi connectivity index (χ4n) is 4.00. The van der Waals surface area contributed by atoms with E-state index in [0.29, 0.717) is 0 Å². The molecular weight excluding hydrogens is 376 g/mol. The summed E-state index contributed by atoms with van der Waals surface area (Å²) >= 11 is 6.13. The quantitative estimate of drug-likeness (QED) is 0.517. The van der Waals surface area contributed by atoms with Crippen LogP contribution in [-0.2, 0) is 0 Å². The molecule has 3 heteroatoms. The molecule has 1 atom stereocenters. The molecule has 1 fully saturated rings. The lowest BCUT2D eigenvalue weighted by Gasteiger charge is -2.39. The van der Waals surface area contributed by atoms with Gasteiger partial charge in [0.25, 0.3) is 0 Å². The van der Waals surface area contributed by atoms with Gasteiger partial charge in [-0.1, -0.05) is 96.5 Å². The van der Waals surface area contributed by atoms with Crippen LogP contribution in [0.4, 0.5) is 0 Å². The Morgan fingerprint density at radius 3 is 1.97 bits per heavy atom. The molecular formula is C26H27ClN2. The van der Waals surface area contributed by atoms with Crippen LogP contribution in [0.5, 0.6) is 0 Å². The molecule has 1 aliphatic heterocycles. The number of rotatable bonds is 6. The molecule has 0 aliphatic carbocycles. The Balaban J connectivity index is 1.41. The standard InChI is InChI=1S/C26H27ClN2/c27-25-15-13-24(14-16-25)26(23-11-5-2-6-12-23)29-20-18-28(19-21-29)17-7-10-22-8-3-1-4-9-22/h1-16,26H,17-21H2/b10-7+. The van der Waals surface area contributed by atoms with E-state index in [9.17, 15) is 0 Å². The van der Waals surface area contributed by atoms with Gasteiger partial charge in [0, 0.05) is 37.7 Å². The summed E-state index contributed by atoms with van der Waals surface area (Å²) in [5.41, 5.74) is 3.91. The number of halogens is 1.